The maximum Gasteiger partial charge on any atom is 0.418 e. The van der Waals surface area contributed by atoms with Crippen molar-refractivity contribution in [3.63, 3.8) is 0 Å². The van der Waals surface area contributed by atoms with Crippen LogP contribution in [-0.4, -0.2) is 25.2 Å². The molecule has 30 heavy (non-hydrogen) atoms. The molecular weight excluding hydrogens is 430 g/mol. The second-order valence-corrected chi connectivity index (χ2v) is 7.30. The van der Waals surface area contributed by atoms with Gasteiger partial charge in [0.25, 0.3) is 0 Å². The molecule has 1 N–H and O–H groups in total. The molecule has 0 fully saturated rings. The zero-order chi connectivity index (χ0) is 23.0. The molecule has 1 heterocycles. The number of carbonyl (C=O) groups is 2. The SMILES string of the molecule is COC(=O)C1=C(C)NC(C)=C(C(=O)OC(C)C)C1c1c(F)ccc(Cl)c1C(F)(F)F. The van der Waals surface area contributed by atoms with Gasteiger partial charge in [0.05, 0.1) is 40.9 Å². The van der Waals surface area contributed by atoms with E-state index in [1.54, 1.807) is 13.8 Å². The number of hydrogen-bond donors (Lipinski definition) is 1. The largest absolute Gasteiger partial charge is 0.466 e. The van der Waals surface area contributed by atoms with Crippen molar-refractivity contribution in [2.45, 2.75) is 45.9 Å². The molecule has 0 spiro atoms. The Hall–Kier alpha value is -2.55. The Morgan fingerprint density at radius 2 is 1.63 bits per heavy atom. The van der Waals surface area contributed by atoms with Gasteiger partial charge in [-0.05, 0) is 39.8 Å². The minimum atomic E-state index is -5.06. The number of methoxy groups -OCH3 is 1. The third-order valence-corrected chi connectivity index (χ3v) is 4.76. The summed E-state index contributed by atoms with van der Waals surface area (Å²) in [6.07, 6.45) is -5.67. The molecule has 1 unspecified atom stereocenters. The van der Waals surface area contributed by atoms with Crippen LogP contribution in [0.4, 0.5) is 17.6 Å². The van der Waals surface area contributed by atoms with Gasteiger partial charge < -0.3 is 14.8 Å². The molecule has 1 atom stereocenters. The molecule has 1 aliphatic rings. The number of allylic oxidation sites excluding steroid dienone is 2. The molecule has 0 aromatic heterocycles. The molecule has 2 rings (SSSR count). The summed E-state index contributed by atoms with van der Waals surface area (Å²) < 4.78 is 66.3. The number of hydrogen-bond acceptors (Lipinski definition) is 5. The molecular formula is C20H20ClF4NO4. The van der Waals surface area contributed by atoms with Crippen LogP contribution in [0.2, 0.25) is 5.02 Å². The lowest BCUT2D eigenvalue weighted by Crippen LogP contribution is -2.34. The van der Waals surface area contributed by atoms with E-state index >= 15 is 0 Å². The molecule has 10 heteroatoms. The van der Waals surface area contributed by atoms with E-state index in [-0.39, 0.29) is 22.5 Å². The molecule has 1 aliphatic heterocycles. The van der Waals surface area contributed by atoms with E-state index in [2.05, 4.69) is 5.32 Å². The lowest BCUT2D eigenvalue weighted by atomic mass is 9.78. The summed E-state index contributed by atoms with van der Waals surface area (Å²) >= 11 is 5.78. The van der Waals surface area contributed by atoms with Crippen LogP contribution in [0, 0.1) is 5.82 Å². The van der Waals surface area contributed by atoms with Crippen molar-refractivity contribution in [1.29, 1.82) is 0 Å². The van der Waals surface area contributed by atoms with Gasteiger partial charge in [0.2, 0.25) is 0 Å². The van der Waals surface area contributed by atoms with Crippen LogP contribution in [0.1, 0.15) is 44.7 Å². The van der Waals surface area contributed by atoms with E-state index in [0.29, 0.717) is 0 Å². The standard InChI is InChI=1S/C20H20ClF4NO4/c1-8(2)30-19(28)14-10(4)26-9(3)13(18(27)29-5)16(14)15-12(22)7-6-11(21)17(15)20(23,24)25/h6-8,16,26H,1-5H3. The fourth-order valence-corrected chi connectivity index (χ4v) is 3.62. The van der Waals surface area contributed by atoms with E-state index in [1.165, 1.54) is 13.8 Å². The number of nitrogens with one attached hydrogen (secondary N) is 1. The maximum absolute atomic E-state index is 14.9. The van der Waals surface area contributed by atoms with Crippen molar-refractivity contribution in [1.82, 2.24) is 5.32 Å². The van der Waals surface area contributed by atoms with Gasteiger partial charge in [-0.1, -0.05) is 11.6 Å². The molecule has 5 nitrogen and oxygen atoms in total. The molecule has 0 radical (unpaired) electrons. The number of halogens is 5. The first-order valence-corrected chi connectivity index (χ1v) is 9.21. The third-order valence-electron chi connectivity index (χ3n) is 4.44. The summed E-state index contributed by atoms with van der Waals surface area (Å²) in [7, 11) is 1.02. The quantitative estimate of drug-likeness (QED) is 0.525. The minimum Gasteiger partial charge on any atom is -0.466 e. The predicted octanol–water partition coefficient (Wildman–Crippen LogP) is 4.86. The van der Waals surface area contributed by atoms with Crippen LogP contribution in [0.5, 0.6) is 0 Å². The van der Waals surface area contributed by atoms with Crippen molar-refractivity contribution >= 4 is 23.5 Å². The average molecular weight is 450 g/mol. The molecule has 0 saturated heterocycles. The molecule has 0 aliphatic carbocycles. The second kappa shape index (κ2) is 8.67. The number of esters is 2. The van der Waals surface area contributed by atoms with Gasteiger partial charge in [-0.15, -0.1) is 0 Å². The van der Waals surface area contributed by atoms with Gasteiger partial charge in [0.1, 0.15) is 5.82 Å². The molecule has 164 valence electrons. The highest BCUT2D eigenvalue weighted by Crippen LogP contribution is 2.47. The van der Waals surface area contributed by atoms with E-state index < -0.39 is 52.1 Å². The van der Waals surface area contributed by atoms with Crippen molar-refractivity contribution in [2.24, 2.45) is 0 Å². The topological polar surface area (TPSA) is 64.6 Å². The minimum absolute atomic E-state index is 0.109. The first-order valence-electron chi connectivity index (χ1n) is 8.84. The number of alkyl halides is 3. The fourth-order valence-electron chi connectivity index (χ4n) is 3.35. The average Bonchev–Trinajstić information content (AvgIpc) is 2.60. The van der Waals surface area contributed by atoms with E-state index in [0.717, 1.165) is 19.2 Å². The van der Waals surface area contributed by atoms with Gasteiger partial charge in [-0.2, -0.15) is 13.2 Å². The van der Waals surface area contributed by atoms with Gasteiger partial charge in [0, 0.05) is 17.0 Å². The lowest BCUT2D eigenvalue weighted by molar-refractivity contribution is -0.144. The Morgan fingerprint density at radius 3 is 2.10 bits per heavy atom. The summed E-state index contributed by atoms with van der Waals surface area (Å²) in [6.45, 7) is 5.91. The maximum atomic E-state index is 14.9. The number of rotatable bonds is 4. The highest BCUT2D eigenvalue weighted by atomic mass is 35.5. The van der Waals surface area contributed by atoms with Gasteiger partial charge >= 0.3 is 18.1 Å². The number of benzene rings is 1. The normalized spacial score (nSPS) is 17.2. The van der Waals surface area contributed by atoms with Crippen LogP contribution in [0.15, 0.2) is 34.7 Å². The Bertz CT molecular complexity index is 951. The van der Waals surface area contributed by atoms with Gasteiger partial charge in [-0.3, -0.25) is 0 Å². The van der Waals surface area contributed by atoms with Crippen molar-refractivity contribution in [3.05, 3.63) is 56.6 Å². The molecule has 0 amide bonds. The van der Waals surface area contributed by atoms with Crippen LogP contribution in [0.25, 0.3) is 0 Å². The smallest absolute Gasteiger partial charge is 0.418 e. The van der Waals surface area contributed by atoms with E-state index in [1.807, 2.05) is 0 Å². The molecule has 1 aromatic carbocycles. The summed E-state index contributed by atoms with van der Waals surface area (Å²) in [4.78, 5) is 25.3. The van der Waals surface area contributed by atoms with Gasteiger partial charge in [0.15, 0.2) is 0 Å². The first-order chi connectivity index (χ1) is 13.8. The third kappa shape index (κ3) is 4.45. The van der Waals surface area contributed by atoms with Gasteiger partial charge in [-0.25, -0.2) is 14.0 Å². The zero-order valence-electron chi connectivity index (χ0n) is 16.8. The van der Waals surface area contributed by atoms with Crippen LogP contribution < -0.4 is 5.32 Å². The summed E-state index contributed by atoms with van der Waals surface area (Å²) in [5, 5.41) is 1.99. The summed E-state index contributed by atoms with van der Waals surface area (Å²) in [5.41, 5.74) is -2.91. The monoisotopic (exact) mass is 449 g/mol. The number of ether oxygens (including phenoxy) is 2. The summed E-state index contributed by atoms with van der Waals surface area (Å²) in [6, 6.07) is 1.52. The first kappa shape index (κ1) is 23.7. The van der Waals surface area contributed by atoms with Crippen molar-refractivity contribution < 1.29 is 36.6 Å². The van der Waals surface area contributed by atoms with Crippen molar-refractivity contribution in [2.75, 3.05) is 7.11 Å². The lowest BCUT2D eigenvalue weighted by Gasteiger charge is -2.32. The van der Waals surface area contributed by atoms with Crippen LogP contribution in [0.3, 0.4) is 0 Å². The van der Waals surface area contributed by atoms with Crippen LogP contribution >= 0.6 is 11.6 Å². The Kier molecular flexibility index (Phi) is 6.86. The number of dihydropyridines is 1. The molecule has 0 bridgehead atoms. The Morgan fingerprint density at radius 1 is 1.10 bits per heavy atom. The Labute approximate surface area is 175 Å². The highest BCUT2D eigenvalue weighted by molar-refractivity contribution is 6.31. The fraction of sp³-hybridized carbons (Fsp3) is 0.400. The van der Waals surface area contributed by atoms with E-state index in [9.17, 15) is 27.2 Å². The number of carbonyl (C=O) groups excluding carboxylic acids is 2. The highest BCUT2D eigenvalue weighted by Gasteiger charge is 2.46. The summed E-state index contributed by atoms with van der Waals surface area (Å²) in [5.74, 6) is -5.06. The molecule has 1 aromatic rings. The Balaban J connectivity index is 2.94. The van der Waals surface area contributed by atoms with Crippen LogP contribution in [-0.2, 0) is 25.2 Å². The zero-order valence-corrected chi connectivity index (χ0v) is 17.6. The predicted molar refractivity (Wildman–Crippen MR) is 101 cm³/mol. The van der Waals surface area contributed by atoms with E-state index in [4.69, 9.17) is 21.1 Å². The van der Waals surface area contributed by atoms with Crippen molar-refractivity contribution in [3.8, 4) is 0 Å². The second-order valence-electron chi connectivity index (χ2n) is 6.90. The molecule has 0 saturated carbocycles.